The van der Waals surface area contributed by atoms with E-state index in [1.807, 2.05) is 0 Å². The highest BCUT2D eigenvalue weighted by atomic mass is 32.2. The molecule has 122 valence electrons. The Labute approximate surface area is 130 Å². The standard InChI is InChI=1S/C14H20N2O5S/c1-11(14(17)16-7-9-21-10-8-16)15-22(18,19)13-5-3-12(20-2)4-6-13/h3-6,11,15H,7-10H2,1-2H3/t11-/m0/s1. The van der Waals surface area contributed by atoms with E-state index >= 15 is 0 Å². The van der Waals surface area contributed by atoms with Crippen molar-refractivity contribution in [1.82, 2.24) is 9.62 Å². The van der Waals surface area contributed by atoms with Crippen LogP contribution in [-0.4, -0.2) is 58.7 Å². The summed E-state index contributed by atoms with van der Waals surface area (Å²) in [4.78, 5) is 13.9. The zero-order valence-corrected chi connectivity index (χ0v) is 13.4. The summed E-state index contributed by atoms with van der Waals surface area (Å²) in [6.07, 6.45) is 0. The molecule has 0 radical (unpaired) electrons. The van der Waals surface area contributed by atoms with Crippen LogP contribution in [0.2, 0.25) is 0 Å². The maximum Gasteiger partial charge on any atom is 0.241 e. The average molecular weight is 328 g/mol. The molecule has 0 spiro atoms. The van der Waals surface area contributed by atoms with Crippen molar-refractivity contribution in [3.8, 4) is 5.75 Å². The van der Waals surface area contributed by atoms with Gasteiger partial charge in [0.25, 0.3) is 0 Å². The maximum absolute atomic E-state index is 12.3. The molecule has 0 aliphatic carbocycles. The lowest BCUT2D eigenvalue weighted by Crippen LogP contribution is -2.50. The summed E-state index contributed by atoms with van der Waals surface area (Å²) in [5, 5.41) is 0. The van der Waals surface area contributed by atoms with Crippen LogP contribution in [-0.2, 0) is 19.6 Å². The van der Waals surface area contributed by atoms with Crippen molar-refractivity contribution >= 4 is 15.9 Å². The molecule has 1 N–H and O–H groups in total. The Morgan fingerprint density at radius 2 is 1.86 bits per heavy atom. The zero-order valence-electron chi connectivity index (χ0n) is 12.6. The number of nitrogens with zero attached hydrogens (tertiary/aromatic N) is 1. The molecule has 1 atom stereocenters. The lowest BCUT2D eigenvalue weighted by Gasteiger charge is -2.29. The van der Waals surface area contributed by atoms with E-state index < -0.39 is 16.1 Å². The van der Waals surface area contributed by atoms with E-state index in [2.05, 4.69) is 4.72 Å². The first-order chi connectivity index (χ1) is 10.4. The second kappa shape index (κ2) is 7.08. The maximum atomic E-state index is 12.3. The first-order valence-corrected chi connectivity index (χ1v) is 8.45. The minimum atomic E-state index is -3.75. The fourth-order valence-corrected chi connectivity index (χ4v) is 3.36. The summed E-state index contributed by atoms with van der Waals surface area (Å²) in [7, 11) is -2.25. The third-order valence-corrected chi connectivity index (χ3v) is 4.95. The highest BCUT2D eigenvalue weighted by Gasteiger charge is 2.26. The number of ether oxygens (including phenoxy) is 2. The zero-order chi connectivity index (χ0) is 16.2. The number of morpholine rings is 1. The van der Waals surface area contributed by atoms with Gasteiger partial charge in [-0.05, 0) is 31.2 Å². The van der Waals surface area contributed by atoms with E-state index in [1.165, 1.54) is 19.2 Å². The average Bonchev–Trinajstić information content (AvgIpc) is 2.54. The summed E-state index contributed by atoms with van der Waals surface area (Å²) in [6, 6.07) is 5.16. The Morgan fingerprint density at radius 1 is 1.27 bits per heavy atom. The molecule has 1 aromatic rings. The molecule has 0 unspecified atom stereocenters. The van der Waals surface area contributed by atoms with Gasteiger partial charge in [0.15, 0.2) is 0 Å². The molecule has 2 rings (SSSR count). The molecule has 7 nitrogen and oxygen atoms in total. The number of nitrogens with one attached hydrogen (secondary N) is 1. The number of rotatable bonds is 5. The van der Waals surface area contributed by atoms with Crippen molar-refractivity contribution in [2.45, 2.75) is 17.9 Å². The van der Waals surface area contributed by atoms with E-state index in [1.54, 1.807) is 24.0 Å². The van der Waals surface area contributed by atoms with Crippen LogP contribution >= 0.6 is 0 Å². The second-order valence-electron chi connectivity index (χ2n) is 4.96. The van der Waals surface area contributed by atoms with Crippen LogP contribution in [0.25, 0.3) is 0 Å². The van der Waals surface area contributed by atoms with Gasteiger partial charge >= 0.3 is 0 Å². The Morgan fingerprint density at radius 3 is 2.41 bits per heavy atom. The second-order valence-corrected chi connectivity index (χ2v) is 6.67. The molecule has 1 aliphatic rings. The number of sulfonamides is 1. The smallest absolute Gasteiger partial charge is 0.241 e. The van der Waals surface area contributed by atoms with E-state index in [4.69, 9.17) is 9.47 Å². The van der Waals surface area contributed by atoms with Gasteiger partial charge in [-0.15, -0.1) is 0 Å². The van der Waals surface area contributed by atoms with Crippen LogP contribution in [0, 0.1) is 0 Å². The number of amides is 1. The monoisotopic (exact) mass is 328 g/mol. The van der Waals surface area contributed by atoms with Gasteiger partial charge in [-0.2, -0.15) is 4.72 Å². The largest absolute Gasteiger partial charge is 0.497 e. The summed E-state index contributed by atoms with van der Waals surface area (Å²) < 4.78 is 37.1. The van der Waals surface area contributed by atoms with Gasteiger partial charge in [0.05, 0.1) is 31.3 Å². The summed E-state index contributed by atoms with van der Waals surface area (Å²) in [5.74, 6) is 0.316. The quantitative estimate of drug-likeness (QED) is 0.836. The normalized spacial score (nSPS) is 17.1. The molecular weight excluding hydrogens is 308 g/mol. The molecule has 1 saturated heterocycles. The number of carbonyl (C=O) groups excluding carboxylic acids is 1. The lowest BCUT2D eigenvalue weighted by atomic mass is 10.3. The van der Waals surface area contributed by atoms with Crippen molar-refractivity contribution in [3.05, 3.63) is 24.3 Å². The van der Waals surface area contributed by atoms with E-state index in [0.717, 1.165) is 0 Å². The molecule has 0 saturated carbocycles. The lowest BCUT2D eigenvalue weighted by molar-refractivity contribution is -0.136. The summed E-state index contributed by atoms with van der Waals surface area (Å²) in [5.41, 5.74) is 0. The predicted molar refractivity (Wildman–Crippen MR) is 80.2 cm³/mol. The fraction of sp³-hybridized carbons (Fsp3) is 0.500. The topological polar surface area (TPSA) is 84.9 Å². The molecule has 1 aliphatic heterocycles. The van der Waals surface area contributed by atoms with Crippen molar-refractivity contribution in [1.29, 1.82) is 0 Å². The van der Waals surface area contributed by atoms with Crippen molar-refractivity contribution in [3.63, 3.8) is 0 Å². The Kier molecular flexibility index (Phi) is 5.38. The Hall–Kier alpha value is -1.64. The molecule has 22 heavy (non-hydrogen) atoms. The van der Waals surface area contributed by atoms with Crippen LogP contribution in [0.4, 0.5) is 0 Å². The van der Waals surface area contributed by atoms with Gasteiger partial charge < -0.3 is 14.4 Å². The third-order valence-electron chi connectivity index (χ3n) is 3.39. The SMILES string of the molecule is COc1ccc(S(=O)(=O)N[C@@H](C)C(=O)N2CCOCC2)cc1. The van der Waals surface area contributed by atoms with Crippen LogP contribution in [0.3, 0.4) is 0 Å². The molecule has 1 aromatic carbocycles. The van der Waals surface area contributed by atoms with E-state index in [0.29, 0.717) is 32.1 Å². The number of methoxy groups -OCH3 is 1. The first kappa shape index (κ1) is 16.7. The van der Waals surface area contributed by atoms with Gasteiger partial charge in [-0.1, -0.05) is 0 Å². The number of benzene rings is 1. The van der Waals surface area contributed by atoms with Gasteiger partial charge in [0.1, 0.15) is 5.75 Å². The van der Waals surface area contributed by atoms with Gasteiger partial charge in [-0.25, -0.2) is 8.42 Å². The van der Waals surface area contributed by atoms with Crippen LogP contribution in [0.1, 0.15) is 6.92 Å². The Balaban J connectivity index is 2.04. The van der Waals surface area contributed by atoms with Crippen molar-refractivity contribution < 1.29 is 22.7 Å². The molecule has 1 fully saturated rings. The molecular formula is C14H20N2O5S. The van der Waals surface area contributed by atoms with Crippen molar-refractivity contribution in [2.75, 3.05) is 33.4 Å². The minimum absolute atomic E-state index is 0.0925. The van der Waals surface area contributed by atoms with Crippen LogP contribution in [0.15, 0.2) is 29.2 Å². The Bertz CT molecular complexity index is 609. The molecule has 0 aromatic heterocycles. The number of hydrogen-bond acceptors (Lipinski definition) is 5. The predicted octanol–water partition coefficient (Wildman–Crippen LogP) is 0.221. The highest BCUT2D eigenvalue weighted by molar-refractivity contribution is 7.89. The molecule has 8 heteroatoms. The first-order valence-electron chi connectivity index (χ1n) is 6.97. The molecule has 1 heterocycles. The molecule has 1 amide bonds. The minimum Gasteiger partial charge on any atom is -0.497 e. The highest BCUT2D eigenvalue weighted by Crippen LogP contribution is 2.16. The van der Waals surface area contributed by atoms with Crippen LogP contribution in [0.5, 0.6) is 5.75 Å². The third kappa shape index (κ3) is 3.96. The summed E-state index contributed by atoms with van der Waals surface area (Å²) in [6.45, 7) is 3.45. The van der Waals surface area contributed by atoms with Crippen molar-refractivity contribution in [2.24, 2.45) is 0 Å². The summed E-state index contributed by atoms with van der Waals surface area (Å²) >= 11 is 0. The van der Waals surface area contributed by atoms with Gasteiger partial charge in [0.2, 0.25) is 15.9 Å². The van der Waals surface area contributed by atoms with Crippen LogP contribution < -0.4 is 9.46 Å². The fourth-order valence-electron chi connectivity index (χ4n) is 2.16. The number of carbonyl (C=O) groups is 1. The molecule has 0 bridgehead atoms. The van der Waals surface area contributed by atoms with E-state index in [-0.39, 0.29) is 10.8 Å². The van der Waals surface area contributed by atoms with Gasteiger partial charge in [0, 0.05) is 13.1 Å². The number of hydrogen-bond donors (Lipinski definition) is 1. The van der Waals surface area contributed by atoms with E-state index in [9.17, 15) is 13.2 Å². The van der Waals surface area contributed by atoms with Gasteiger partial charge in [-0.3, -0.25) is 4.79 Å².